The normalized spacial score (nSPS) is 12.1. The molecule has 0 atom stereocenters. The summed E-state index contributed by atoms with van der Waals surface area (Å²) in [5.41, 5.74) is 1.28. The van der Waals surface area contributed by atoms with Crippen molar-refractivity contribution in [3.05, 3.63) is 26.5 Å². The summed E-state index contributed by atoms with van der Waals surface area (Å²) in [6.07, 6.45) is 0. The van der Waals surface area contributed by atoms with Crippen molar-refractivity contribution in [3.8, 4) is 9.88 Å². The Balaban J connectivity index is 2.17. The maximum Gasteiger partial charge on any atom is 0.133 e. The lowest BCUT2D eigenvalue weighted by Gasteiger charge is -2.19. The molecule has 0 aliphatic carbocycles. The third-order valence-electron chi connectivity index (χ3n) is 2.46. The van der Waals surface area contributed by atoms with Crippen LogP contribution in [0.4, 0.5) is 0 Å². The van der Waals surface area contributed by atoms with Crippen LogP contribution in [-0.2, 0) is 6.54 Å². The van der Waals surface area contributed by atoms with E-state index in [2.05, 4.69) is 66.1 Å². The maximum absolute atomic E-state index is 4.66. The molecule has 0 saturated carbocycles. The molecule has 98 valence electrons. The Morgan fingerprint density at radius 3 is 2.56 bits per heavy atom. The van der Waals surface area contributed by atoms with Crippen LogP contribution in [0.1, 0.15) is 31.3 Å². The van der Waals surface area contributed by atoms with Crippen molar-refractivity contribution in [2.75, 3.05) is 0 Å². The number of aromatic nitrogens is 1. The van der Waals surface area contributed by atoms with Crippen LogP contribution in [0.3, 0.4) is 0 Å². The second-order valence-electron chi connectivity index (χ2n) is 5.23. The molecular weight excluding hydrogens is 328 g/mol. The summed E-state index contributed by atoms with van der Waals surface area (Å²) in [6, 6.07) is 4.19. The number of hydrogen-bond acceptors (Lipinski definition) is 4. The molecule has 0 amide bonds. The molecule has 0 spiro atoms. The highest BCUT2D eigenvalue weighted by Gasteiger charge is 2.14. The van der Waals surface area contributed by atoms with E-state index in [-0.39, 0.29) is 5.54 Å². The van der Waals surface area contributed by atoms with Crippen LogP contribution in [0.5, 0.6) is 0 Å². The Morgan fingerprint density at radius 1 is 1.28 bits per heavy atom. The second kappa shape index (κ2) is 5.41. The molecule has 2 nitrogen and oxygen atoms in total. The molecule has 0 fully saturated rings. The summed E-state index contributed by atoms with van der Waals surface area (Å²) in [7, 11) is 0. The third kappa shape index (κ3) is 3.63. The van der Waals surface area contributed by atoms with Gasteiger partial charge < -0.3 is 5.32 Å². The zero-order chi connectivity index (χ0) is 13.3. The van der Waals surface area contributed by atoms with Gasteiger partial charge in [0.05, 0.1) is 14.4 Å². The molecule has 1 N–H and O–H groups in total. The highest BCUT2D eigenvalue weighted by molar-refractivity contribution is 9.11. The average Bonchev–Trinajstić information content (AvgIpc) is 2.81. The maximum atomic E-state index is 4.66. The Labute approximate surface area is 125 Å². The third-order valence-corrected chi connectivity index (χ3v) is 5.41. The Bertz CT molecular complexity index is 537. The highest BCUT2D eigenvalue weighted by atomic mass is 79.9. The molecule has 2 aromatic heterocycles. The smallest absolute Gasteiger partial charge is 0.133 e. The fourth-order valence-corrected chi connectivity index (χ4v) is 3.91. The van der Waals surface area contributed by atoms with Gasteiger partial charge in [-0.15, -0.1) is 22.7 Å². The minimum Gasteiger partial charge on any atom is -0.307 e. The van der Waals surface area contributed by atoms with Gasteiger partial charge in [-0.2, -0.15) is 0 Å². The van der Waals surface area contributed by atoms with Gasteiger partial charge in [0, 0.05) is 17.0 Å². The first-order chi connectivity index (χ1) is 8.35. The number of thiazole rings is 1. The lowest BCUT2D eigenvalue weighted by atomic mass is 10.1. The van der Waals surface area contributed by atoms with Gasteiger partial charge in [-0.25, -0.2) is 4.98 Å². The van der Waals surface area contributed by atoms with Gasteiger partial charge in [-0.3, -0.25) is 0 Å². The van der Waals surface area contributed by atoms with Gasteiger partial charge in [0.15, 0.2) is 0 Å². The molecule has 18 heavy (non-hydrogen) atoms. The number of aryl methyl sites for hydroxylation is 1. The van der Waals surface area contributed by atoms with E-state index >= 15 is 0 Å². The van der Waals surface area contributed by atoms with E-state index < -0.39 is 0 Å². The Kier molecular flexibility index (Phi) is 4.26. The summed E-state index contributed by atoms with van der Waals surface area (Å²) < 4.78 is 1.15. The first kappa shape index (κ1) is 14.2. The SMILES string of the molecule is Cc1nc(-c2ccc(Br)s2)sc1CNC(C)(C)C. The van der Waals surface area contributed by atoms with Gasteiger partial charge in [0.2, 0.25) is 0 Å². The van der Waals surface area contributed by atoms with Crippen LogP contribution >= 0.6 is 38.6 Å². The van der Waals surface area contributed by atoms with Crippen LogP contribution in [0.15, 0.2) is 15.9 Å². The number of halogens is 1. The molecule has 0 aliphatic rings. The van der Waals surface area contributed by atoms with Crippen LogP contribution in [0.2, 0.25) is 0 Å². The van der Waals surface area contributed by atoms with E-state index in [9.17, 15) is 0 Å². The Morgan fingerprint density at radius 2 is 2.00 bits per heavy atom. The van der Waals surface area contributed by atoms with E-state index in [0.717, 1.165) is 21.0 Å². The minimum absolute atomic E-state index is 0.141. The molecule has 2 rings (SSSR count). The summed E-state index contributed by atoms with van der Waals surface area (Å²) in [5.74, 6) is 0. The van der Waals surface area contributed by atoms with Gasteiger partial charge in [-0.1, -0.05) is 0 Å². The van der Waals surface area contributed by atoms with Crippen LogP contribution < -0.4 is 5.32 Å². The topological polar surface area (TPSA) is 24.9 Å². The molecule has 0 unspecified atom stereocenters. The minimum atomic E-state index is 0.141. The summed E-state index contributed by atoms with van der Waals surface area (Å²) in [4.78, 5) is 7.22. The van der Waals surface area contributed by atoms with Crippen LogP contribution in [-0.4, -0.2) is 10.5 Å². The first-order valence-electron chi connectivity index (χ1n) is 5.82. The van der Waals surface area contributed by atoms with E-state index in [0.29, 0.717) is 0 Å². The van der Waals surface area contributed by atoms with Crippen LogP contribution in [0.25, 0.3) is 9.88 Å². The van der Waals surface area contributed by atoms with Crippen molar-refractivity contribution >= 4 is 38.6 Å². The second-order valence-corrected chi connectivity index (χ2v) is 8.78. The van der Waals surface area contributed by atoms with Gasteiger partial charge in [0.25, 0.3) is 0 Å². The zero-order valence-corrected chi connectivity index (χ0v) is 14.2. The fraction of sp³-hybridized carbons (Fsp3) is 0.462. The first-order valence-corrected chi connectivity index (χ1v) is 8.25. The summed E-state index contributed by atoms with van der Waals surface area (Å²) in [5, 5.41) is 4.63. The predicted octanol–water partition coefficient (Wildman–Crippen LogP) is 4.83. The number of nitrogens with one attached hydrogen (secondary N) is 1. The predicted molar refractivity (Wildman–Crippen MR) is 84.5 cm³/mol. The number of thiophene rings is 1. The molecule has 0 bridgehead atoms. The lowest BCUT2D eigenvalue weighted by Crippen LogP contribution is -2.34. The summed E-state index contributed by atoms with van der Waals surface area (Å²) >= 11 is 7.01. The molecule has 0 radical (unpaired) electrons. The largest absolute Gasteiger partial charge is 0.307 e. The van der Waals surface area contributed by atoms with Crippen molar-refractivity contribution in [1.29, 1.82) is 0 Å². The number of nitrogens with zero attached hydrogens (tertiary/aromatic N) is 1. The van der Waals surface area contributed by atoms with Crippen molar-refractivity contribution in [2.24, 2.45) is 0 Å². The molecule has 5 heteroatoms. The van der Waals surface area contributed by atoms with E-state index in [1.165, 1.54) is 9.75 Å². The van der Waals surface area contributed by atoms with E-state index in [1.54, 1.807) is 22.7 Å². The van der Waals surface area contributed by atoms with Crippen molar-refractivity contribution in [3.63, 3.8) is 0 Å². The van der Waals surface area contributed by atoms with E-state index in [4.69, 9.17) is 0 Å². The standard InChI is InChI=1S/C13H17BrN2S2/c1-8-10(7-15-13(2,3)4)18-12(16-8)9-5-6-11(14)17-9/h5-6,15H,7H2,1-4H3. The van der Waals surface area contributed by atoms with Gasteiger partial charge in [-0.05, 0) is 55.8 Å². The molecule has 0 aromatic carbocycles. The monoisotopic (exact) mass is 344 g/mol. The van der Waals surface area contributed by atoms with E-state index in [1.807, 2.05) is 0 Å². The number of rotatable bonds is 3. The lowest BCUT2D eigenvalue weighted by molar-refractivity contribution is 0.425. The number of hydrogen-bond donors (Lipinski definition) is 1. The van der Waals surface area contributed by atoms with Crippen LogP contribution in [0, 0.1) is 6.92 Å². The van der Waals surface area contributed by atoms with Crippen molar-refractivity contribution < 1.29 is 0 Å². The Hall–Kier alpha value is -0.230. The zero-order valence-electron chi connectivity index (χ0n) is 11.0. The highest BCUT2D eigenvalue weighted by Crippen LogP contribution is 2.35. The van der Waals surface area contributed by atoms with Gasteiger partial charge >= 0.3 is 0 Å². The van der Waals surface area contributed by atoms with Crippen molar-refractivity contribution in [1.82, 2.24) is 10.3 Å². The molecule has 2 aromatic rings. The quantitative estimate of drug-likeness (QED) is 0.862. The molecular formula is C13H17BrN2S2. The average molecular weight is 345 g/mol. The molecule has 2 heterocycles. The molecule has 0 saturated heterocycles. The summed E-state index contributed by atoms with van der Waals surface area (Å²) in [6.45, 7) is 9.52. The molecule has 0 aliphatic heterocycles. The van der Waals surface area contributed by atoms with Crippen molar-refractivity contribution in [2.45, 2.75) is 39.8 Å². The fourth-order valence-electron chi connectivity index (χ4n) is 1.47. The van der Waals surface area contributed by atoms with Gasteiger partial charge in [0.1, 0.15) is 5.01 Å².